The summed E-state index contributed by atoms with van der Waals surface area (Å²) in [5, 5.41) is -0.578. The molecular formula is C19H28N2O5S2. The summed E-state index contributed by atoms with van der Waals surface area (Å²) in [5.41, 5.74) is -0.379. The summed E-state index contributed by atoms with van der Waals surface area (Å²) in [5.74, 6) is -0.297. The Kier molecular flexibility index (Phi) is 5.89. The van der Waals surface area contributed by atoms with Crippen LogP contribution in [0.5, 0.6) is 0 Å². The fourth-order valence-corrected chi connectivity index (χ4v) is 6.69. The molecule has 7 nitrogen and oxygen atoms in total. The van der Waals surface area contributed by atoms with E-state index >= 15 is 0 Å². The molecule has 1 heterocycles. The van der Waals surface area contributed by atoms with Gasteiger partial charge in [0.05, 0.1) is 10.1 Å². The maximum atomic E-state index is 13.4. The third-order valence-electron chi connectivity index (χ3n) is 5.78. The van der Waals surface area contributed by atoms with Gasteiger partial charge in [0.25, 0.3) is 0 Å². The Labute approximate surface area is 167 Å². The van der Waals surface area contributed by atoms with Crippen LogP contribution in [-0.2, 0) is 24.7 Å². The first-order chi connectivity index (χ1) is 13.0. The minimum atomic E-state index is -3.87. The van der Waals surface area contributed by atoms with Crippen LogP contribution in [0.1, 0.15) is 44.1 Å². The van der Waals surface area contributed by atoms with Gasteiger partial charge in [-0.25, -0.2) is 16.8 Å². The van der Waals surface area contributed by atoms with Crippen LogP contribution in [0.25, 0.3) is 0 Å². The van der Waals surface area contributed by atoms with E-state index in [0.29, 0.717) is 25.8 Å². The van der Waals surface area contributed by atoms with Crippen molar-refractivity contribution < 1.29 is 21.6 Å². The van der Waals surface area contributed by atoms with Gasteiger partial charge in [0.15, 0.2) is 9.84 Å². The number of aryl methyl sites for hydroxylation is 1. The minimum Gasteiger partial charge on any atom is -0.340 e. The molecule has 1 saturated heterocycles. The van der Waals surface area contributed by atoms with Crippen LogP contribution in [0.3, 0.4) is 0 Å². The van der Waals surface area contributed by atoms with E-state index < -0.39 is 30.6 Å². The quantitative estimate of drug-likeness (QED) is 0.768. The van der Waals surface area contributed by atoms with Gasteiger partial charge in [0.2, 0.25) is 15.9 Å². The van der Waals surface area contributed by atoms with E-state index in [4.69, 9.17) is 0 Å². The topological polar surface area (TPSA) is 101 Å². The molecule has 2 fully saturated rings. The molecule has 1 atom stereocenters. The van der Waals surface area contributed by atoms with Gasteiger partial charge in [-0.3, -0.25) is 4.79 Å². The second-order valence-corrected chi connectivity index (χ2v) is 12.1. The summed E-state index contributed by atoms with van der Waals surface area (Å²) in [6.45, 7) is 2.28. The van der Waals surface area contributed by atoms with Crippen molar-refractivity contribution in [3.05, 3.63) is 29.8 Å². The largest absolute Gasteiger partial charge is 0.340 e. The van der Waals surface area contributed by atoms with Crippen molar-refractivity contribution in [2.45, 2.75) is 61.1 Å². The Bertz CT molecular complexity index is 950. The second-order valence-electron chi connectivity index (χ2n) is 8.06. The number of carbonyl (C=O) groups is 1. The lowest BCUT2D eigenvalue weighted by Crippen LogP contribution is -2.60. The molecule has 0 spiro atoms. The fourth-order valence-electron chi connectivity index (χ4n) is 4.18. The number of nitrogens with one attached hydrogen (secondary N) is 1. The molecule has 1 saturated carbocycles. The van der Waals surface area contributed by atoms with Crippen molar-refractivity contribution in [1.82, 2.24) is 9.62 Å². The molecule has 0 bridgehead atoms. The lowest BCUT2D eigenvalue weighted by atomic mass is 9.81. The van der Waals surface area contributed by atoms with Gasteiger partial charge in [-0.15, -0.1) is 0 Å². The van der Waals surface area contributed by atoms with E-state index in [1.165, 1.54) is 17.2 Å². The maximum absolute atomic E-state index is 13.4. The zero-order valence-electron chi connectivity index (χ0n) is 16.3. The molecule has 1 amide bonds. The summed E-state index contributed by atoms with van der Waals surface area (Å²) in [6.07, 6.45) is 4.89. The molecule has 1 aromatic rings. The molecule has 9 heteroatoms. The van der Waals surface area contributed by atoms with Crippen molar-refractivity contribution in [2.24, 2.45) is 0 Å². The van der Waals surface area contributed by atoms with E-state index in [1.807, 2.05) is 13.0 Å². The van der Waals surface area contributed by atoms with E-state index in [2.05, 4.69) is 4.72 Å². The summed E-state index contributed by atoms with van der Waals surface area (Å²) < 4.78 is 52.5. The van der Waals surface area contributed by atoms with Gasteiger partial charge in [-0.2, -0.15) is 4.72 Å². The number of hydrogen-bond donors (Lipinski definition) is 1. The van der Waals surface area contributed by atoms with Gasteiger partial charge < -0.3 is 4.90 Å². The number of sulfone groups is 1. The molecule has 1 aromatic carbocycles. The SMILES string of the molecule is Cc1cccc(S(=O)(=O)NC2(C(=O)N3CCC(S(C)(=O)=O)C3)CCCCC2)c1. The smallest absolute Gasteiger partial charge is 0.243 e. The Hall–Kier alpha value is -1.45. The van der Waals surface area contributed by atoms with Crippen molar-refractivity contribution >= 4 is 25.8 Å². The first-order valence-corrected chi connectivity index (χ1v) is 13.1. The standard InChI is InChI=1S/C19H28N2O5S2/c1-15-7-6-8-16(13-15)28(25,26)20-19(10-4-3-5-11-19)18(22)21-12-9-17(14-21)27(2,23)24/h6-8,13,17,20H,3-5,9-12,14H2,1-2H3. The predicted octanol–water partition coefficient (Wildman–Crippen LogP) is 1.62. The van der Waals surface area contributed by atoms with Crippen molar-refractivity contribution in [1.29, 1.82) is 0 Å². The lowest BCUT2D eigenvalue weighted by Gasteiger charge is -2.39. The second kappa shape index (κ2) is 7.76. The third kappa shape index (κ3) is 4.41. The molecule has 2 aliphatic rings. The summed E-state index contributed by atoms with van der Waals surface area (Å²) in [6, 6.07) is 6.59. The highest BCUT2D eigenvalue weighted by Crippen LogP contribution is 2.33. The van der Waals surface area contributed by atoms with Crippen molar-refractivity contribution in [3.8, 4) is 0 Å². The molecule has 1 aliphatic heterocycles. The highest BCUT2D eigenvalue weighted by molar-refractivity contribution is 7.91. The Morgan fingerprint density at radius 3 is 2.39 bits per heavy atom. The van der Waals surface area contributed by atoms with E-state index in [9.17, 15) is 21.6 Å². The molecular weight excluding hydrogens is 400 g/mol. The van der Waals surface area contributed by atoms with E-state index in [0.717, 1.165) is 24.8 Å². The van der Waals surface area contributed by atoms with Crippen LogP contribution in [0.15, 0.2) is 29.2 Å². The Morgan fingerprint density at radius 2 is 1.82 bits per heavy atom. The molecule has 1 unspecified atom stereocenters. The summed E-state index contributed by atoms with van der Waals surface area (Å²) in [4.78, 5) is 15.0. The van der Waals surface area contributed by atoms with Crippen LogP contribution >= 0.6 is 0 Å². The van der Waals surface area contributed by atoms with Gasteiger partial charge in [-0.05, 0) is 43.9 Å². The summed E-state index contributed by atoms with van der Waals surface area (Å²) in [7, 11) is -7.11. The average Bonchev–Trinajstić information content (AvgIpc) is 3.12. The normalized spacial score (nSPS) is 22.9. The number of rotatable bonds is 5. The number of likely N-dealkylation sites (tertiary alicyclic amines) is 1. The van der Waals surface area contributed by atoms with Crippen LogP contribution < -0.4 is 4.72 Å². The van der Waals surface area contributed by atoms with Crippen LogP contribution in [-0.4, -0.2) is 57.8 Å². The predicted molar refractivity (Wildman–Crippen MR) is 107 cm³/mol. The zero-order valence-corrected chi connectivity index (χ0v) is 18.0. The first-order valence-electron chi connectivity index (χ1n) is 9.62. The highest BCUT2D eigenvalue weighted by atomic mass is 32.2. The fraction of sp³-hybridized carbons (Fsp3) is 0.632. The monoisotopic (exact) mass is 428 g/mol. The van der Waals surface area contributed by atoms with E-state index in [-0.39, 0.29) is 17.3 Å². The molecule has 1 N–H and O–H groups in total. The minimum absolute atomic E-state index is 0.131. The highest BCUT2D eigenvalue weighted by Gasteiger charge is 2.47. The number of amides is 1. The molecule has 156 valence electrons. The molecule has 28 heavy (non-hydrogen) atoms. The number of carbonyl (C=O) groups excluding carboxylic acids is 1. The molecule has 0 aromatic heterocycles. The van der Waals surface area contributed by atoms with Crippen LogP contribution in [0.4, 0.5) is 0 Å². The molecule has 0 radical (unpaired) electrons. The van der Waals surface area contributed by atoms with E-state index in [1.54, 1.807) is 12.1 Å². The van der Waals surface area contributed by atoms with Gasteiger partial charge >= 0.3 is 0 Å². The maximum Gasteiger partial charge on any atom is 0.243 e. The van der Waals surface area contributed by atoms with Crippen molar-refractivity contribution in [2.75, 3.05) is 19.3 Å². The van der Waals surface area contributed by atoms with Gasteiger partial charge in [0, 0.05) is 19.3 Å². The molecule has 3 rings (SSSR count). The van der Waals surface area contributed by atoms with Gasteiger partial charge in [-0.1, -0.05) is 31.4 Å². The third-order valence-corrected chi connectivity index (χ3v) is 8.91. The number of sulfonamides is 1. The zero-order chi connectivity index (χ0) is 20.6. The number of benzene rings is 1. The number of hydrogen-bond acceptors (Lipinski definition) is 5. The Balaban J connectivity index is 1.88. The van der Waals surface area contributed by atoms with Crippen molar-refractivity contribution in [3.63, 3.8) is 0 Å². The number of nitrogens with zero attached hydrogens (tertiary/aromatic N) is 1. The van der Waals surface area contributed by atoms with Crippen LogP contribution in [0.2, 0.25) is 0 Å². The average molecular weight is 429 g/mol. The summed E-state index contributed by atoms with van der Waals surface area (Å²) >= 11 is 0. The van der Waals surface area contributed by atoms with Crippen LogP contribution in [0, 0.1) is 6.92 Å². The molecule has 1 aliphatic carbocycles. The van der Waals surface area contributed by atoms with Gasteiger partial charge in [0.1, 0.15) is 5.54 Å². The lowest BCUT2D eigenvalue weighted by molar-refractivity contribution is -0.137. The first kappa shape index (κ1) is 21.3. The Morgan fingerprint density at radius 1 is 1.14 bits per heavy atom.